The lowest BCUT2D eigenvalue weighted by atomic mass is 9.81. The van der Waals surface area contributed by atoms with E-state index in [1.165, 1.54) is 13.4 Å². The largest absolute Gasteiger partial charge is 0.468 e. The number of carbonyl (C=O) groups is 1. The van der Waals surface area contributed by atoms with E-state index in [1.807, 2.05) is 12.4 Å². The number of aromatic nitrogens is 4. The molecule has 0 N–H and O–H groups in total. The van der Waals surface area contributed by atoms with Gasteiger partial charge in [-0.15, -0.1) is 0 Å². The van der Waals surface area contributed by atoms with E-state index in [4.69, 9.17) is 9.47 Å². The zero-order valence-electron chi connectivity index (χ0n) is 13.7. The van der Waals surface area contributed by atoms with Crippen LogP contribution in [0.1, 0.15) is 12.0 Å². The zero-order valence-corrected chi connectivity index (χ0v) is 13.7. The van der Waals surface area contributed by atoms with Crippen molar-refractivity contribution in [3.05, 3.63) is 24.3 Å². The van der Waals surface area contributed by atoms with Crippen LogP contribution in [0, 0.1) is 11.3 Å². The maximum Gasteiger partial charge on any atom is 0.315 e. The van der Waals surface area contributed by atoms with Crippen LogP contribution in [0.2, 0.25) is 0 Å². The highest BCUT2D eigenvalue weighted by atomic mass is 16.5. The minimum atomic E-state index is -0.462. The van der Waals surface area contributed by atoms with Gasteiger partial charge in [0, 0.05) is 31.4 Å². The molecule has 0 bridgehead atoms. The topological polar surface area (TPSA) is 81.9 Å². The minimum absolute atomic E-state index is 0.131. The Labute approximate surface area is 139 Å². The Morgan fingerprint density at radius 2 is 2.42 bits per heavy atom. The molecule has 8 nitrogen and oxygen atoms in total. The average molecular weight is 331 g/mol. The highest BCUT2D eigenvalue weighted by Crippen LogP contribution is 2.42. The van der Waals surface area contributed by atoms with Gasteiger partial charge in [-0.1, -0.05) is 0 Å². The van der Waals surface area contributed by atoms with Gasteiger partial charge in [-0.25, -0.2) is 9.50 Å². The van der Waals surface area contributed by atoms with Gasteiger partial charge in [0.25, 0.3) is 5.78 Å². The fourth-order valence-electron chi connectivity index (χ4n) is 3.90. The van der Waals surface area contributed by atoms with Crippen molar-refractivity contribution >= 4 is 11.7 Å². The Morgan fingerprint density at radius 3 is 3.29 bits per heavy atom. The Bertz CT molecular complexity index is 748. The van der Waals surface area contributed by atoms with Gasteiger partial charge in [-0.3, -0.25) is 4.79 Å². The van der Waals surface area contributed by atoms with Crippen LogP contribution in [0.3, 0.4) is 0 Å². The molecule has 2 aromatic heterocycles. The van der Waals surface area contributed by atoms with E-state index >= 15 is 0 Å². The van der Waals surface area contributed by atoms with E-state index in [1.54, 1.807) is 4.52 Å². The van der Waals surface area contributed by atoms with Crippen LogP contribution in [0.15, 0.2) is 18.7 Å². The summed E-state index contributed by atoms with van der Waals surface area (Å²) in [6.07, 6.45) is 7.26. The molecule has 4 rings (SSSR count). The van der Waals surface area contributed by atoms with Crippen LogP contribution in [0.25, 0.3) is 5.78 Å². The SMILES string of the molecule is COC(=O)[C@@]12COC[C@@H]1CN(CCCc1cnc3ncnn3c1)C2. The van der Waals surface area contributed by atoms with Gasteiger partial charge in [-0.05, 0) is 24.9 Å². The van der Waals surface area contributed by atoms with E-state index in [-0.39, 0.29) is 11.9 Å². The monoisotopic (exact) mass is 331 g/mol. The molecule has 24 heavy (non-hydrogen) atoms. The molecule has 2 fully saturated rings. The number of carbonyl (C=O) groups excluding carboxylic acids is 1. The molecule has 0 spiro atoms. The minimum Gasteiger partial charge on any atom is -0.468 e. The summed E-state index contributed by atoms with van der Waals surface area (Å²) in [4.78, 5) is 22.9. The van der Waals surface area contributed by atoms with E-state index in [0.717, 1.165) is 38.0 Å². The summed E-state index contributed by atoms with van der Waals surface area (Å²) < 4.78 is 12.3. The third-order valence-electron chi connectivity index (χ3n) is 5.16. The predicted octanol–water partition coefficient (Wildman–Crippen LogP) is 0.178. The third-order valence-corrected chi connectivity index (χ3v) is 5.16. The molecule has 0 radical (unpaired) electrons. The first-order chi connectivity index (χ1) is 11.7. The molecular formula is C16H21N5O3. The first-order valence-corrected chi connectivity index (χ1v) is 8.24. The highest BCUT2D eigenvalue weighted by Gasteiger charge is 2.56. The average Bonchev–Trinajstić information content (AvgIpc) is 3.27. The van der Waals surface area contributed by atoms with Gasteiger partial charge in [0.1, 0.15) is 11.7 Å². The maximum absolute atomic E-state index is 12.2. The molecule has 0 unspecified atom stereocenters. The molecule has 2 saturated heterocycles. The van der Waals surface area contributed by atoms with Crippen molar-refractivity contribution in [2.75, 3.05) is 40.0 Å². The Morgan fingerprint density at radius 1 is 1.50 bits per heavy atom. The van der Waals surface area contributed by atoms with Gasteiger partial charge in [0.2, 0.25) is 0 Å². The lowest BCUT2D eigenvalue weighted by molar-refractivity contribution is -0.153. The Hall–Kier alpha value is -2.06. The smallest absolute Gasteiger partial charge is 0.315 e. The van der Waals surface area contributed by atoms with Crippen LogP contribution < -0.4 is 0 Å². The van der Waals surface area contributed by atoms with Crippen molar-refractivity contribution < 1.29 is 14.3 Å². The number of rotatable bonds is 5. The van der Waals surface area contributed by atoms with Gasteiger partial charge in [-0.2, -0.15) is 10.1 Å². The number of fused-ring (bicyclic) bond motifs is 2. The normalized spacial score (nSPS) is 26.8. The Balaban J connectivity index is 1.34. The summed E-state index contributed by atoms with van der Waals surface area (Å²) in [6, 6.07) is 0. The number of likely N-dealkylation sites (tertiary alicyclic amines) is 1. The van der Waals surface area contributed by atoms with E-state index < -0.39 is 5.41 Å². The summed E-state index contributed by atoms with van der Waals surface area (Å²) in [5.74, 6) is 0.734. The summed E-state index contributed by atoms with van der Waals surface area (Å²) in [7, 11) is 1.46. The second-order valence-electron chi connectivity index (χ2n) is 6.67. The fourth-order valence-corrected chi connectivity index (χ4v) is 3.90. The second-order valence-corrected chi connectivity index (χ2v) is 6.67. The second kappa shape index (κ2) is 6.10. The van der Waals surface area contributed by atoms with Crippen LogP contribution >= 0.6 is 0 Å². The molecule has 2 aromatic rings. The van der Waals surface area contributed by atoms with E-state index in [2.05, 4.69) is 20.0 Å². The molecule has 2 aliphatic rings. The molecule has 0 aromatic carbocycles. The highest BCUT2D eigenvalue weighted by molar-refractivity contribution is 5.78. The number of hydrogen-bond donors (Lipinski definition) is 0. The Kier molecular flexibility index (Phi) is 3.93. The quantitative estimate of drug-likeness (QED) is 0.723. The van der Waals surface area contributed by atoms with E-state index in [0.29, 0.717) is 19.0 Å². The standard InChI is InChI=1S/C16H21N5O3/c1-23-14(22)16-9-20(7-13(16)8-24-10-16)4-2-3-12-5-17-15-18-11-19-21(15)6-12/h5-6,11,13H,2-4,7-10H2,1H3/t13-,16-/m0/s1. The van der Waals surface area contributed by atoms with Crippen molar-refractivity contribution in [1.29, 1.82) is 0 Å². The summed E-state index contributed by atoms with van der Waals surface area (Å²) in [6.45, 7) is 3.71. The molecule has 0 saturated carbocycles. The van der Waals surface area contributed by atoms with Gasteiger partial charge in [0.15, 0.2) is 0 Å². The summed E-state index contributed by atoms with van der Waals surface area (Å²) >= 11 is 0. The molecular weight excluding hydrogens is 310 g/mol. The summed E-state index contributed by atoms with van der Waals surface area (Å²) in [5, 5.41) is 4.11. The van der Waals surface area contributed by atoms with Gasteiger partial charge < -0.3 is 14.4 Å². The van der Waals surface area contributed by atoms with Crippen molar-refractivity contribution in [2.24, 2.45) is 11.3 Å². The maximum atomic E-state index is 12.2. The lowest BCUT2D eigenvalue weighted by Crippen LogP contribution is -2.40. The first-order valence-electron chi connectivity index (χ1n) is 8.24. The number of aryl methyl sites for hydroxylation is 1. The molecule has 2 aliphatic heterocycles. The van der Waals surface area contributed by atoms with Crippen molar-refractivity contribution in [2.45, 2.75) is 12.8 Å². The third kappa shape index (κ3) is 2.55. The number of ether oxygens (including phenoxy) is 2. The van der Waals surface area contributed by atoms with Crippen molar-refractivity contribution in [3.8, 4) is 0 Å². The number of hydrogen-bond acceptors (Lipinski definition) is 7. The lowest BCUT2D eigenvalue weighted by Gasteiger charge is -2.24. The zero-order chi connectivity index (χ0) is 16.6. The number of nitrogens with zero attached hydrogens (tertiary/aromatic N) is 5. The van der Waals surface area contributed by atoms with Crippen molar-refractivity contribution in [1.82, 2.24) is 24.5 Å². The van der Waals surface area contributed by atoms with Crippen LogP contribution in [0.4, 0.5) is 0 Å². The number of esters is 1. The van der Waals surface area contributed by atoms with Crippen LogP contribution in [0.5, 0.6) is 0 Å². The van der Waals surface area contributed by atoms with Crippen LogP contribution in [-0.4, -0.2) is 70.4 Å². The van der Waals surface area contributed by atoms with Crippen LogP contribution in [-0.2, 0) is 20.7 Å². The molecule has 4 heterocycles. The first kappa shape index (κ1) is 15.5. The van der Waals surface area contributed by atoms with Gasteiger partial charge in [0.05, 0.1) is 20.3 Å². The molecule has 0 amide bonds. The van der Waals surface area contributed by atoms with Gasteiger partial charge >= 0.3 is 5.97 Å². The number of methoxy groups -OCH3 is 1. The molecule has 0 aliphatic carbocycles. The molecule has 128 valence electrons. The fraction of sp³-hybridized carbons (Fsp3) is 0.625. The molecule has 2 atom stereocenters. The summed E-state index contributed by atoms with van der Waals surface area (Å²) in [5.41, 5.74) is 0.675. The molecule has 8 heteroatoms. The predicted molar refractivity (Wildman–Crippen MR) is 84.3 cm³/mol. The van der Waals surface area contributed by atoms with Crippen molar-refractivity contribution in [3.63, 3.8) is 0 Å². The van der Waals surface area contributed by atoms with E-state index in [9.17, 15) is 4.79 Å².